The van der Waals surface area contributed by atoms with Crippen molar-refractivity contribution in [2.45, 2.75) is 25.9 Å². The Morgan fingerprint density at radius 3 is 2.45 bits per heavy atom. The van der Waals surface area contributed by atoms with E-state index in [1.807, 2.05) is 23.6 Å². The maximum Gasteiger partial charge on any atom is 0.246 e. The van der Waals surface area contributed by atoms with Crippen LogP contribution in [0.2, 0.25) is 5.02 Å². The third kappa shape index (κ3) is 4.85. The first-order valence-electron chi connectivity index (χ1n) is 9.98. The predicted molar refractivity (Wildman–Crippen MR) is 114 cm³/mol. The van der Waals surface area contributed by atoms with Gasteiger partial charge in [-0.3, -0.25) is 14.5 Å². The molecule has 8 heteroatoms. The van der Waals surface area contributed by atoms with Crippen LogP contribution in [0.1, 0.15) is 13.8 Å². The topological polar surface area (TPSA) is 67.3 Å². The molecule has 2 fully saturated rings. The average Bonchev–Trinajstić information content (AvgIpc) is 2.65. The molecule has 0 radical (unpaired) electrons. The molecule has 3 rings (SSSR count). The van der Waals surface area contributed by atoms with Gasteiger partial charge in [0.1, 0.15) is 5.75 Å². The average molecular weight is 421 g/mol. The van der Waals surface area contributed by atoms with Gasteiger partial charge in [0, 0.05) is 62.4 Å². The van der Waals surface area contributed by atoms with E-state index in [-0.39, 0.29) is 30.2 Å². The molecule has 29 heavy (non-hydrogen) atoms. The molecule has 2 aliphatic heterocycles. The third-order valence-electron chi connectivity index (χ3n) is 5.71. The van der Waals surface area contributed by atoms with E-state index in [0.717, 1.165) is 26.2 Å². The zero-order valence-corrected chi connectivity index (χ0v) is 17.8. The van der Waals surface area contributed by atoms with Crippen LogP contribution < -0.4 is 4.90 Å². The Bertz CT molecular complexity index is 771. The van der Waals surface area contributed by atoms with Gasteiger partial charge in [0.15, 0.2) is 0 Å². The molecule has 0 saturated carbocycles. The highest BCUT2D eigenvalue weighted by molar-refractivity contribution is 6.30. The Balaban J connectivity index is 1.53. The van der Waals surface area contributed by atoms with Crippen LogP contribution in [0.15, 0.2) is 30.9 Å². The van der Waals surface area contributed by atoms with Gasteiger partial charge in [0.2, 0.25) is 11.8 Å². The molecule has 0 atom stereocenters. The summed E-state index contributed by atoms with van der Waals surface area (Å²) in [6.45, 7) is 12.1. The molecule has 0 aromatic heterocycles. The molecule has 7 nitrogen and oxygen atoms in total. The van der Waals surface area contributed by atoms with E-state index >= 15 is 0 Å². The zero-order chi connectivity index (χ0) is 21.1. The lowest BCUT2D eigenvalue weighted by atomic mass is 10.1. The van der Waals surface area contributed by atoms with Crippen molar-refractivity contribution in [2.75, 3.05) is 50.7 Å². The lowest BCUT2D eigenvalue weighted by Crippen LogP contribution is -2.64. The van der Waals surface area contributed by atoms with E-state index in [9.17, 15) is 14.7 Å². The standard InChI is InChI=1S/C21H29ClN4O3/c1-4-20(28)25-12-17(13-25)23-7-9-24(10-8-23)21(29)14-26(15(2)3)18-6-5-16(22)11-19(18)27/h4-6,11,15,17,27H,1,7-10,12-14H2,2-3H3. The zero-order valence-electron chi connectivity index (χ0n) is 17.1. The molecular weight excluding hydrogens is 392 g/mol. The minimum Gasteiger partial charge on any atom is -0.506 e. The molecule has 1 N–H and O–H groups in total. The van der Waals surface area contributed by atoms with Gasteiger partial charge in [-0.2, -0.15) is 0 Å². The van der Waals surface area contributed by atoms with Crippen molar-refractivity contribution in [1.29, 1.82) is 0 Å². The second-order valence-corrected chi connectivity index (χ2v) is 8.31. The van der Waals surface area contributed by atoms with Crippen molar-refractivity contribution in [1.82, 2.24) is 14.7 Å². The van der Waals surface area contributed by atoms with Gasteiger partial charge >= 0.3 is 0 Å². The van der Waals surface area contributed by atoms with E-state index in [4.69, 9.17) is 11.6 Å². The monoisotopic (exact) mass is 420 g/mol. The number of hydrogen-bond acceptors (Lipinski definition) is 5. The van der Waals surface area contributed by atoms with Crippen LogP contribution in [0.5, 0.6) is 5.75 Å². The normalized spacial score (nSPS) is 17.9. The highest BCUT2D eigenvalue weighted by Crippen LogP contribution is 2.31. The number of hydrogen-bond donors (Lipinski definition) is 1. The van der Waals surface area contributed by atoms with Crippen LogP contribution >= 0.6 is 11.6 Å². The fourth-order valence-electron chi connectivity index (χ4n) is 3.86. The van der Waals surface area contributed by atoms with Crippen LogP contribution in [0, 0.1) is 0 Å². The summed E-state index contributed by atoms with van der Waals surface area (Å²) >= 11 is 5.93. The Kier molecular flexibility index (Phi) is 6.70. The van der Waals surface area contributed by atoms with E-state index in [1.54, 1.807) is 17.0 Å². The molecule has 2 amide bonds. The van der Waals surface area contributed by atoms with Crippen molar-refractivity contribution in [2.24, 2.45) is 0 Å². The largest absolute Gasteiger partial charge is 0.506 e. The number of phenols is 1. The molecule has 2 saturated heterocycles. The van der Waals surface area contributed by atoms with Crippen molar-refractivity contribution >= 4 is 29.1 Å². The lowest BCUT2D eigenvalue weighted by molar-refractivity contribution is -0.136. The van der Waals surface area contributed by atoms with Crippen LogP contribution in [0.25, 0.3) is 0 Å². The highest BCUT2D eigenvalue weighted by Gasteiger charge is 2.36. The number of likely N-dealkylation sites (tertiary alicyclic amines) is 1. The number of phenolic OH excluding ortho intramolecular Hbond substituents is 1. The van der Waals surface area contributed by atoms with Crippen molar-refractivity contribution < 1.29 is 14.7 Å². The van der Waals surface area contributed by atoms with Crippen molar-refractivity contribution in [3.63, 3.8) is 0 Å². The van der Waals surface area contributed by atoms with Gasteiger partial charge in [-0.15, -0.1) is 0 Å². The number of piperazine rings is 1. The summed E-state index contributed by atoms with van der Waals surface area (Å²) in [6, 6.07) is 5.38. The van der Waals surface area contributed by atoms with Gasteiger partial charge in [-0.05, 0) is 32.1 Å². The summed E-state index contributed by atoms with van der Waals surface area (Å²) in [4.78, 5) is 32.4. The Hall–Kier alpha value is -2.25. The Labute approximate surface area is 177 Å². The molecule has 1 aromatic rings. The first-order valence-corrected chi connectivity index (χ1v) is 10.4. The van der Waals surface area contributed by atoms with Gasteiger partial charge < -0.3 is 19.8 Å². The summed E-state index contributed by atoms with van der Waals surface area (Å²) in [5, 5.41) is 10.7. The minimum atomic E-state index is -0.0192. The smallest absolute Gasteiger partial charge is 0.246 e. The number of benzene rings is 1. The van der Waals surface area contributed by atoms with E-state index in [1.165, 1.54) is 12.1 Å². The fourth-order valence-corrected chi connectivity index (χ4v) is 4.03. The molecular formula is C21H29ClN4O3. The summed E-state index contributed by atoms with van der Waals surface area (Å²) < 4.78 is 0. The maximum absolute atomic E-state index is 12.9. The van der Waals surface area contributed by atoms with Crippen molar-refractivity contribution in [3.8, 4) is 5.75 Å². The quantitative estimate of drug-likeness (QED) is 0.711. The number of aromatic hydroxyl groups is 1. The Morgan fingerprint density at radius 2 is 1.90 bits per heavy atom. The number of amides is 2. The van der Waals surface area contributed by atoms with Crippen LogP contribution in [0.4, 0.5) is 5.69 Å². The molecule has 2 heterocycles. The second kappa shape index (κ2) is 9.05. The number of anilines is 1. The van der Waals surface area contributed by atoms with Crippen LogP contribution in [-0.4, -0.2) is 89.5 Å². The van der Waals surface area contributed by atoms with Gasteiger partial charge in [-0.1, -0.05) is 18.2 Å². The van der Waals surface area contributed by atoms with Crippen LogP contribution in [0.3, 0.4) is 0 Å². The molecule has 0 unspecified atom stereocenters. The first kappa shape index (κ1) is 21.5. The van der Waals surface area contributed by atoms with Gasteiger partial charge in [-0.25, -0.2) is 0 Å². The van der Waals surface area contributed by atoms with E-state index in [2.05, 4.69) is 11.5 Å². The third-order valence-corrected chi connectivity index (χ3v) is 5.94. The summed E-state index contributed by atoms with van der Waals surface area (Å²) in [5.74, 6) is 0.103. The number of nitrogens with zero attached hydrogens (tertiary/aromatic N) is 4. The van der Waals surface area contributed by atoms with Crippen LogP contribution in [-0.2, 0) is 9.59 Å². The van der Waals surface area contributed by atoms with E-state index < -0.39 is 0 Å². The fraction of sp³-hybridized carbons (Fsp3) is 0.524. The Morgan fingerprint density at radius 1 is 1.24 bits per heavy atom. The second-order valence-electron chi connectivity index (χ2n) is 7.87. The number of halogens is 1. The SMILES string of the molecule is C=CC(=O)N1CC(N2CCN(C(=O)CN(c3ccc(Cl)cc3O)C(C)C)CC2)C1. The minimum absolute atomic E-state index is 0.0192. The summed E-state index contributed by atoms with van der Waals surface area (Å²) in [6.07, 6.45) is 1.35. The molecule has 158 valence electrons. The van der Waals surface area contributed by atoms with Crippen molar-refractivity contribution in [3.05, 3.63) is 35.9 Å². The summed E-state index contributed by atoms with van der Waals surface area (Å²) in [5.41, 5.74) is 0.609. The van der Waals surface area contributed by atoms with E-state index in [0.29, 0.717) is 29.8 Å². The molecule has 0 aliphatic carbocycles. The first-order chi connectivity index (χ1) is 13.8. The number of carbonyl (C=O) groups is 2. The number of rotatable bonds is 6. The van der Waals surface area contributed by atoms with Gasteiger partial charge in [0.05, 0.1) is 12.2 Å². The summed E-state index contributed by atoms with van der Waals surface area (Å²) in [7, 11) is 0. The molecule has 0 spiro atoms. The molecule has 0 bridgehead atoms. The maximum atomic E-state index is 12.9. The number of carbonyl (C=O) groups excluding carboxylic acids is 2. The predicted octanol–water partition coefficient (Wildman–Crippen LogP) is 1.80. The van der Waals surface area contributed by atoms with Gasteiger partial charge in [0.25, 0.3) is 0 Å². The lowest BCUT2D eigenvalue weighted by Gasteiger charge is -2.48. The molecule has 2 aliphatic rings. The molecule has 1 aromatic carbocycles. The highest BCUT2D eigenvalue weighted by atomic mass is 35.5.